The molecule has 0 aromatic rings. The first-order valence-electron chi connectivity index (χ1n) is 6.72. The first-order chi connectivity index (χ1) is 7.43. The lowest BCUT2D eigenvalue weighted by Gasteiger charge is -2.09. The Morgan fingerprint density at radius 1 is 1.13 bits per heavy atom. The van der Waals surface area contributed by atoms with Gasteiger partial charge in [-0.05, 0) is 51.1 Å². The van der Waals surface area contributed by atoms with Crippen molar-refractivity contribution in [2.45, 2.75) is 51.9 Å². The van der Waals surface area contributed by atoms with E-state index in [-0.39, 0.29) is 0 Å². The van der Waals surface area contributed by atoms with Gasteiger partial charge in [-0.25, -0.2) is 0 Å². The van der Waals surface area contributed by atoms with E-state index in [1.54, 1.807) is 0 Å². The van der Waals surface area contributed by atoms with Crippen molar-refractivity contribution in [2.24, 2.45) is 5.92 Å². The highest BCUT2D eigenvalue weighted by atomic mass is 16.5. The van der Waals surface area contributed by atoms with Gasteiger partial charge < -0.3 is 10.1 Å². The minimum absolute atomic E-state index is 0.878. The molecular formula is C13H27NO. The van der Waals surface area contributed by atoms with Crippen LogP contribution >= 0.6 is 0 Å². The minimum atomic E-state index is 0.878. The zero-order chi connectivity index (χ0) is 10.8. The third-order valence-corrected chi connectivity index (χ3v) is 3.15. The first kappa shape index (κ1) is 13.0. The lowest BCUT2D eigenvalue weighted by molar-refractivity contribution is 0.0983. The maximum absolute atomic E-state index is 5.70. The molecule has 2 heteroatoms. The Balaban J connectivity index is 1.73. The van der Waals surface area contributed by atoms with Crippen LogP contribution in [0.2, 0.25) is 0 Å². The molecule has 1 aliphatic carbocycles. The van der Waals surface area contributed by atoms with Crippen molar-refractivity contribution in [2.75, 3.05) is 26.3 Å². The normalized spacial score (nSPS) is 17.4. The molecule has 1 aliphatic rings. The van der Waals surface area contributed by atoms with E-state index in [0.717, 1.165) is 32.2 Å². The Labute approximate surface area is 94.8 Å². The lowest BCUT2D eigenvalue weighted by atomic mass is 10.1. The van der Waals surface area contributed by atoms with Crippen LogP contribution in [-0.2, 0) is 4.74 Å². The van der Waals surface area contributed by atoms with Crippen molar-refractivity contribution in [1.29, 1.82) is 0 Å². The molecule has 90 valence electrons. The Bertz CT molecular complexity index is 132. The Morgan fingerprint density at radius 3 is 2.67 bits per heavy atom. The molecule has 0 amide bonds. The lowest BCUT2D eigenvalue weighted by Crippen LogP contribution is -2.16. The zero-order valence-electron chi connectivity index (χ0n) is 10.3. The van der Waals surface area contributed by atoms with E-state index in [1.807, 2.05) is 0 Å². The molecule has 15 heavy (non-hydrogen) atoms. The van der Waals surface area contributed by atoms with Crippen LogP contribution in [-0.4, -0.2) is 26.3 Å². The van der Waals surface area contributed by atoms with E-state index in [0.29, 0.717) is 0 Å². The molecule has 0 bridgehead atoms. The van der Waals surface area contributed by atoms with E-state index in [1.165, 1.54) is 44.9 Å². The van der Waals surface area contributed by atoms with Gasteiger partial charge >= 0.3 is 0 Å². The highest BCUT2D eigenvalue weighted by Crippen LogP contribution is 2.24. The molecule has 0 spiro atoms. The monoisotopic (exact) mass is 213 g/mol. The van der Waals surface area contributed by atoms with Gasteiger partial charge in [0.05, 0.1) is 0 Å². The fraction of sp³-hybridized carbons (Fsp3) is 1.00. The van der Waals surface area contributed by atoms with Crippen LogP contribution in [0.4, 0.5) is 0 Å². The molecule has 0 saturated heterocycles. The Morgan fingerprint density at radius 2 is 1.93 bits per heavy atom. The molecule has 2 nitrogen and oxygen atoms in total. The largest absolute Gasteiger partial charge is 0.381 e. The summed E-state index contributed by atoms with van der Waals surface area (Å²) in [5.41, 5.74) is 0. The van der Waals surface area contributed by atoms with E-state index in [9.17, 15) is 0 Å². The molecule has 0 aromatic heterocycles. The van der Waals surface area contributed by atoms with Crippen molar-refractivity contribution in [1.82, 2.24) is 5.32 Å². The summed E-state index contributed by atoms with van der Waals surface area (Å²) < 4.78 is 5.70. The van der Waals surface area contributed by atoms with E-state index in [4.69, 9.17) is 4.74 Å². The van der Waals surface area contributed by atoms with Crippen LogP contribution in [0.25, 0.3) is 0 Å². The standard InChI is InChI=1S/C13H27NO/c1-2-9-14-10-5-6-11-15-12-13-7-3-4-8-13/h13-14H,2-12H2,1H3. The topological polar surface area (TPSA) is 21.3 Å². The van der Waals surface area contributed by atoms with Crippen LogP contribution in [0.5, 0.6) is 0 Å². The maximum atomic E-state index is 5.70. The molecule has 1 N–H and O–H groups in total. The molecule has 0 aromatic carbocycles. The van der Waals surface area contributed by atoms with E-state index in [2.05, 4.69) is 12.2 Å². The van der Waals surface area contributed by atoms with Crippen molar-refractivity contribution in [3.8, 4) is 0 Å². The van der Waals surface area contributed by atoms with Gasteiger partial charge in [-0.2, -0.15) is 0 Å². The van der Waals surface area contributed by atoms with Gasteiger partial charge in [0.1, 0.15) is 0 Å². The molecule has 1 fully saturated rings. The summed E-state index contributed by atoms with van der Waals surface area (Å²) in [5.74, 6) is 0.878. The highest BCUT2D eigenvalue weighted by molar-refractivity contribution is 4.66. The molecule has 0 unspecified atom stereocenters. The fourth-order valence-corrected chi connectivity index (χ4v) is 2.18. The quantitative estimate of drug-likeness (QED) is 0.595. The van der Waals surface area contributed by atoms with Crippen LogP contribution in [0.1, 0.15) is 51.9 Å². The van der Waals surface area contributed by atoms with Crippen molar-refractivity contribution >= 4 is 0 Å². The predicted octanol–water partition coefficient (Wildman–Crippen LogP) is 2.97. The number of ether oxygens (including phenoxy) is 1. The summed E-state index contributed by atoms with van der Waals surface area (Å²) in [7, 11) is 0. The van der Waals surface area contributed by atoms with Crippen molar-refractivity contribution < 1.29 is 4.74 Å². The Hall–Kier alpha value is -0.0800. The maximum Gasteiger partial charge on any atom is 0.0494 e. The molecule has 0 heterocycles. The van der Waals surface area contributed by atoms with Gasteiger partial charge in [-0.3, -0.25) is 0 Å². The van der Waals surface area contributed by atoms with Crippen LogP contribution in [0.15, 0.2) is 0 Å². The predicted molar refractivity (Wildman–Crippen MR) is 65.2 cm³/mol. The average molecular weight is 213 g/mol. The SMILES string of the molecule is CCCNCCCCOCC1CCCC1. The minimum Gasteiger partial charge on any atom is -0.381 e. The number of nitrogens with one attached hydrogen (secondary N) is 1. The first-order valence-corrected chi connectivity index (χ1v) is 6.72. The summed E-state index contributed by atoms with van der Waals surface area (Å²) in [6, 6.07) is 0. The average Bonchev–Trinajstić information content (AvgIpc) is 2.75. The molecule has 0 radical (unpaired) electrons. The third kappa shape index (κ3) is 6.91. The van der Waals surface area contributed by atoms with Crippen LogP contribution in [0, 0.1) is 5.92 Å². The summed E-state index contributed by atoms with van der Waals surface area (Å²) in [4.78, 5) is 0. The third-order valence-electron chi connectivity index (χ3n) is 3.15. The summed E-state index contributed by atoms with van der Waals surface area (Å²) in [6.45, 7) is 6.49. The molecule has 1 saturated carbocycles. The van der Waals surface area contributed by atoms with E-state index >= 15 is 0 Å². The number of unbranched alkanes of at least 4 members (excludes halogenated alkanes) is 1. The second-order valence-electron chi connectivity index (χ2n) is 4.68. The fourth-order valence-electron chi connectivity index (χ4n) is 2.18. The molecule has 0 atom stereocenters. The zero-order valence-corrected chi connectivity index (χ0v) is 10.3. The summed E-state index contributed by atoms with van der Waals surface area (Å²) in [5, 5.41) is 3.41. The smallest absolute Gasteiger partial charge is 0.0494 e. The highest BCUT2D eigenvalue weighted by Gasteiger charge is 2.14. The van der Waals surface area contributed by atoms with Gasteiger partial charge in [0, 0.05) is 13.2 Å². The van der Waals surface area contributed by atoms with Crippen LogP contribution in [0.3, 0.4) is 0 Å². The number of hydrogen-bond acceptors (Lipinski definition) is 2. The molecule has 1 rings (SSSR count). The van der Waals surface area contributed by atoms with Crippen LogP contribution < -0.4 is 5.32 Å². The Kier molecular flexibility index (Phi) is 7.94. The van der Waals surface area contributed by atoms with Gasteiger partial charge in [-0.1, -0.05) is 19.8 Å². The summed E-state index contributed by atoms with van der Waals surface area (Å²) >= 11 is 0. The van der Waals surface area contributed by atoms with Gasteiger partial charge in [0.25, 0.3) is 0 Å². The molecule has 0 aliphatic heterocycles. The van der Waals surface area contributed by atoms with Crippen molar-refractivity contribution in [3.05, 3.63) is 0 Å². The van der Waals surface area contributed by atoms with Crippen molar-refractivity contribution in [3.63, 3.8) is 0 Å². The van der Waals surface area contributed by atoms with E-state index < -0.39 is 0 Å². The summed E-state index contributed by atoms with van der Waals surface area (Å²) in [6.07, 6.45) is 9.35. The van der Waals surface area contributed by atoms with Gasteiger partial charge in [0.15, 0.2) is 0 Å². The second-order valence-corrected chi connectivity index (χ2v) is 4.68. The number of rotatable bonds is 9. The molecular weight excluding hydrogens is 186 g/mol. The number of hydrogen-bond donors (Lipinski definition) is 1. The van der Waals surface area contributed by atoms with Gasteiger partial charge in [-0.15, -0.1) is 0 Å². The van der Waals surface area contributed by atoms with Gasteiger partial charge in [0.2, 0.25) is 0 Å². The second kappa shape index (κ2) is 9.17.